The Kier molecular flexibility index (Phi) is 6.92. The number of aryl methyl sites for hydroxylation is 1. The lowest BCUT2D eigenvalue weighted by Crippen LogP contribution is -2.27. The smallest absolute Gasteiger partial charge is 0.231 e. The van der Waals surface area contributed by atoms with Gasteiger partial charge in [-0.2, -0.15) is 10.1 Å². The Balaban J connectivity index is 0.00000225. The van der Waals surface area contributed by atoms with E-state index >= 15 is 0 Å². The van der Waals surface area contributed by atoms with Gasteiger partial charge in [-0.05, 0) is 49.7 Å². The number of nitrogens with zero attached hydrogens (tertiary/aromatic N) is 3. The highest BCUT2D eigenvalue weighted by Gasteiger charge is 2.21. The average molecular weight is 433 g/mol. The lowest BCUT2D eigenvalue weighted by atomic mass is 9.98. The Labute approximate surface area is 160 Å². The SMILES string of the molecule is Cl.Cn1nc(C2CCNCC2)nc1NC(=O)Cc1cc(F)ccc1Br. The van der Waals surface area contributed by atoms with Crippen LogP contribution < -0.4 is 10.6 Å². The molecular weight excluding hydrogens is 413 g/mol. The third-order valence-electron chi connectivity index (χ3n) is 4.09. The molecule has 2 heterocycles. The highest BCUT2D eigenvalue weighted by molar-refractivity contribution is 9.10. The van der Waals surface area contributed by atoms with Gasteiger partial charge in [0.2, 0.25) is 11.9 Å². The summed E-state index contributed by atoms with van der Waals surface area (Å²) in [7, 11) is 1.76. The summed E-state index contributed by atoms with van der Waals surface area (Å²) in [5.74, 6) is 0.879. The van der Waals surface area contributed by atoms with Crippen molar-refractivity contribution in [2.24, 2.45) is 7.05 Å². The van der Waals surface area contributed by atoms with E-state index in [0.29, 0.717) is 21.9 Å². The number of aromatic nitrogens is 3. The predicted octanol–water partition coefficient (Wildman–Crippen LogP) is 2.79. The number of halogens is 3. The van der Waals surface area contributed by atoms with Crippen molar-refractivity contribution in [2.45, 2.75) is 25.2 Å². The van der Waals surface area contributed by atoms with Crippen LogP contribution in [0.2, 0.25) is 0 Å². The van der Waals surface area contributed by atoms with Crippen LogP contribution in [0.5, 0.6) is 0 Å². The number of hydrogen-bond acceptors (Lipinski definition) is 4. The molecule has 6 nitrogen and oxygen atoms in total. The Morgan fingerprint density at radius 1 is 1.44 bits per heavy atom. The minimum atomic E-state index is -0.368. The lowest BCUT2D eigenvalue weighted by molar-refractivity contribution is -0.115. The predicted molar refractivity (Wildman–Crippen MR) is 99.5 cm³/mol. The van der Waals surface area contributed by atoms with Gasteiger partial charge >= 0.3 is 0 Å². The van der Waals surface area contributed by atoms with E-state index < -0.39 is 0 Å². The Morgan fingerprint density at radius 3 is 2.88 bits per heavy atom. The fourth-order valence-corrected chi connectivity index (χ4v) is 3.17. The van der Waals surface area contributed by atoms with Crippen LogP contribution in [0.4, 0.5) is 10.3 Å². The Morgan fingerprint density at radius 2 is 2.16 bits per heavy atom. The summed E-state index contributed by atoms with van der Waals surface area (Å²) in [6, 6.07) is 4.29. The molecule has 0 unspecified atom stereocenters. The number of anilines is 1. The third-order valence-corrected chi connectivity index (χ3v) is 4.87. The maximum atomic E-state index is 13.3. The summed E-state index contributed by atoms with van der Waals surface area (Å²) in [6.07, 6.45) is 2.05. The van der Waals surface area contributed by atoms with Gasteiger partial charge in [0.15, 0.2) is 5.82 Å². The summed E-state index contributed by atoms with van der Waals surface area (Å²) in [5, 5.41) is 10.5. The highest BCUT2D eigenvalue weighted by atomic mass is 79.9. The molecule has 1 aromatic carbocycles. The fourth-order valence-electron chi connectivity index (χ4n) is 2.79. The van der Waals surface area contributed by atoms with Crippen LogP contribution in [0.25, 0.3) is 0 Å². The molecule has 0 spiro atoms. The van der Waals surface area contributed by atoms with E-state index in [1.807, 2.05) is 0 Å². The molecular formula is C16H20BrClFN5O. The van der Waals surface area contributed by atoms with Crippen molar-refractivity contribution in [3.63, 3.8) is 0 Å². The summed E-state index contributed by atoms with van der Waals surface area (Å²) in [6.45, 7) is 1.91. The second-order valence-corrected chi connectivity index (χ2v) is 6.76. The van der Waals surface area contributed by atoms with Gasteiger partial charge in [-0.3, -0.25) is 10.1 Å². The molecule has 25 heavy (non-hydrogen) atoms. The molecule has 1 aliphatic heterocycles. The van der Waals surface area contributed by atoms with E-state index in [0.717, 1.165) is 31.8 Å². The summed E-state index contributed by atoms with van der Waals surface area (Å²) < 4.78 is 15.6. The van der Waals surface area contributed by atoms with Crippen molar-refractivity contribution in [2.75, 3.05) is 18.4 Å². The van der Waals surface area contributed by atoms with E-state index in [2.05, 4.69) is 36.6 Å². The molecule has 0 bridgehead atoms. The van der Waals surface area contributed by atoms with Gasteiger partial charge in [0.1, 0.15) is 5.82 Å². The molecule has 2 N–H and O–H groups in total. The largest absolute Gasteiger partial charge is 0.317 e. The van der Waals surface area contributed by atoms with Crippen LogP contribution in [-0.4, -0.2) is 33.8 Å². The molecule has 1 aromatic heterocycles. The van der Waals surface area contributed by atoms with E-state index in [4.69, 9.17) is 0 Å². The van der Waals surface area contributed by atoms with Gasteiger partial charge in [-0.25, -0.2) is 9.07 Å². The van der Waals surface area contributed by atoms with Crippen LogP contribution in [0.1, 0.15) is 30.1 Å². The number of hydrogen-bond donors (Lipinski definition) is 2. The molecule has 0 radical (unpaired) electrons. The van der Waals surface area contributed by atoms with Crippen molar-refractivity contribution in [3.05, 3.63) is 39.9 Å². The van der Waals surface area contributed by atoms with E-state index in [1.165, 1.54) is 12.1 Å². The number of carbonyl (C=O) groups is 1. The Hall–Kier alpha value is -1.51. The van der Waals surface area contributed by atoms with Gasteiger partial charge in [0.05, 0.1) is 6.42 Å². The number of benzene rings is 1. The number of rotatable bonds is 4. The first-order valence-electron chi connectivity index (χ1n) is 7.88. The monoisotopic (exact) mass is 431 g/mol. The second kappa shape index (κ2) is 8.73. The van der Waals surface area contributed by atoms with Crippen molar-refractivity contribution in [1.82, 2.24) is 20.1 Å². The van der Waals surface area contributed by atoms with Gasteiger partial charge in [0, 0.05) is 17.4 Å². The third kappa shape index (κ3) is 4.99. The first-order valence-corrected chi connectivity index (χ1v) is 8.67. The van der Waals surface area contributed by atoms with Crippen molar-refractivity contribution >= 4 is 40.2 Å². The average Bonchev–Trinajstić information content (AvgIpc) is 2.92. The zero-order valence-corrected chi connectivity index (χ0v) is 16.2. The van der Waals surface area contributed by atoms with E-state index in [-0.39, 0.29) is 30.6 Å². The first-order chi connectivity index (χ1) is 11.5. The fraction of sp³-hybridized carbons (Fsp3) is 0.438. The standard InChI is InChI=1S/C16H19BrFN5O.ClH/c1-23-16(21-15(22-23)10-4-6-19-7-5-10)20-14(24)9-11-8-12(18)2-3-13(11)17;/h2-3,8,10,19H,4-7,9H2,1H3,(H,20,21,22,24);1H. The molecule has 0 atom stereocenters. The van der Waals surface area contributed by atoms with Crippen molar-refractivity contribution < 1.29 is 9.18 Å². The molecule has 9 heteroatoms. The molecule has 3 rings (SSSR count). The zero-order chi connectivity index (χ0) is 17.1. The number of piperidine rings is 1. The molecule has 0 saturated carbocycles. The molecule has 2 aromatic rings. The van der Waals surface area contributed by atoms with E-state index in [9.17, 15) is 9.18 Å². The maximum Gasteiger partial charge on any atom is 0.231 e. The Bertz CT molecular complexity index is 748. The van der Waals surface area contributed by atoms with Crippen LogP contribution in [0, 0.1) is 5.82 Å². The van der Waals surface area contributed by atoms with Gasteiger partial charge < -0.3 is 5.32 Å². The number of nitrogens with one attached hydrogen (secondary N) is 2. The minimum Gasteiger partial charge on any atom is -0.317 e. The minimum absolute atomic E-state index is 0. The van der Waals surface area contributed by atoms with Gasteiger partial charge in [-0.15, -0.1) is 12.4 Å². The number of carbonyl (C=O) groups excluding carboxylic acids is 1. The van der Waals surface area contributed by atoms with Crippen LogP contribution >= 0.6 is 28.3 Å². The van der Waals surface area contributed by atoms with Gasteiger partial charge in [-0.1, -0.05) is 15.9 Å². The summed E-state index contributed by atoms with van der Waals surface area (Å²) in [5.41, 5.74) is 0.591. The first kappa shape index (κ1) is 19.8. The van der Waals surface area contributed by atoms with Gasteiger partial charge in [0.25, 0.3) is 0 Å². The highest BCUT2D eigenvalue weighted by Crippen LogP contribution is 2.23. The number of amides is 1. The van der Waals surface area contributed by atoms with Crippen LogP contribution in [0.15, 0.2) is 22.7 Å². The second-order valence-electron chi connectivity index (χ2n) is 5.90. The summed E-state index contributed by atoms with van der Waals surface area (Å²) >= 11 is 3.33. The van der Waals surface area contributed by atoms with Crippen LogP contribution in [0.3, 0.4) is 0 Å². The normalized spacial score (nSPS) is 14.8. The molecule has 1 aliphatic rings. The van der Waals surface area contributed by atoms with E-state index in [1.54, 1.807) is 17.8 Å². The van der Waals surface area contributed by atoms with Crippen molar-refractivity contribution in [1.29, 1.82) is 0 Å². The quantitative estimate of drug-likeness (QED) is 0.779. The molecule has 136 valence electrons. The van der Waals surface area contributed by atoms with Crippen molar-refractivity contribution in [3.8, 4) is 0 Å². The topological polar surface area (TPSA) is 71.8 Å². The summed E-state index contributed by atoms with van der Waals surface area (Å²) in [4.78, 5) is 16.7. The zero-order valence-electron chi connectivity index (χ0n) is 13.8. The maximum absolute atomic E-state index is 13.3. The molecule has 1 saturated heterocycles. The molecule has 1 amide bonds. The molecule has 1 fully saturated rings. The molecule has 0 aliphatic carbocycles. The lowest BCUT2D eigenvalue weighted by Gasteiger charge is -2.19. The van der Waals surface area contributed by atoms with Crippen LogP contribution in [-0.2, 0) is 18.3 Å².